The summed E-state index contributed by atoms with van der Waals surface area (Å²) in [6, 6.07) is 8.12. The van der Waals surface area contributed by atoms with Crippen LogP contribution in [0.15, 0.2) is 45.6 Å². The van der Waals surface area contributed by atoms with E-state index in [9.17, 15) is 14.0 Å². The number of hydrogen-bond acceptors (Lipinski definition) is 4. The maximum absolute atomic E-state index is 13.0. The van der Waals surface area contributed by atoms with Crippen molar-refractivity contribution in [3.63, 3.8) is 0 Å². The van der Waals surface area contributed by atoms with E-state index in [1.807, 2.05) is 0 Å². The van der Waals surface area contributed by atoms with Gasteiger partial charge in [0.05, 0.1) is 5.52 Å². The van der Waals surface area contributed by atoms with Crippen molar-refractivity contribution in [2.45, 2.75) is 0 Å². The Morgan fingerprint density at radius 1 is 1.20 bits per heavy atom. The zero-order chi connectivity index (χ0) is 14.3. The first-order chi connectivity index (χ1) is 9.54. The van der Waals surface area contributed by atoms with Crippen LogP contribution in [0.4, 0.5) is 10.1 Å². The van der Waals surface area contributed by atoms with Crippen LogP contribution in [0.3, 0.4) is 0 Å². The molecule has 2 aromatic carbocycles. The van der Waals surface area contributed by atoms with E-state index in [4.69, 9.17) is 10.2 Å². The minimum Gasteiger partial charge on any atom is -0.408 e. The molecule has 100 valence electrons. The lowest BCUT2D eigenvalue weighted by molar-refractivity contribution is 0.103. The van der Waals surface area contributed by atoms with Gasteiger partial charge in [0.25, 0.3) is 0 Å². The third-order valence-electron chi connectivity index (χ3n) is 2.94. The Morgan fingerprint density at radius 3 is 2.75 bits per heavy atom. The number of anilines is 1. The maximum atomic E-state index is 13.0. The standard InChI is InChI=1S/C14H9FN2O3/c15-8-2-3-9(10(16)6-8)13(18)7-1-4-11-12(5-7)20-14(19)17-11/h1-6H,16H2,(H,17,19). The number of aromatic nitrogens is 1. The summed E-state index contributed by atoms with van der Waals surface area (Å²) < 4.78 is 17.9. The predicted octanol–water partition coefficient (Wildman–Crippen LogP) is 2.07. The number of hydrogen-bond donors (Lipinski definition) is 2. The number of nitrogens with two attached hydrogens (primary N) is 1. The first-order valence-electron chi connectivity index (χ1n) is 5.77. The Kier molecular flexibility index (Phi) is 2.64. The monoisotopic (exact) mass is 272 g/mol. The molecule has 0 saturated heterocycles. The van der Waals surface area contributed by atoms with E-state index in [1.54, 1.807) is 12.1 Å². The van der Waals surface area contributed by atoms with Gasteiger partial charge in [0, 0.05) is 16.8 Å². The van der Waals surface area contributed by atoms with Crippen LogP contribution in [0, 0.1) is 5.82 Å². The highest BCUT2D eigenvalue weighted by atomic mass is 19.1. The highest BCUT2D eigenvalue weighted by Gasteiger charge is 2.14. The Bertz CT molecular complexity index is 880. The number of halogens is 1. The number of nitrogens with one attached hydrogen (secondary N) is 1. The fourth-order valence-electron chi connectivity index (χ4n) is 1.98. The van der Waals surface area contributed by atoms with Crippen molar-refractivity contribution in [3.05, 3.63) is 63.9 Å². The topological polar surface area (TPSA) is 89.1 Å². The number of fused-ring (bicyclic) bond motifs is 1. The highest BCUT2D eigenvalue weighted by molar-refractivity contribution is 6.13. The van der Waals surface area contributed by atoms with Crippen LogP contribution >= 0.6 is 0 Å². The zero-order valence-electron chi connectivity index (χ0n) is 10.1. The molecule has 0 amide bonds. The van der Waals surface area contributed by atoms with Gasteiger partial charge >= 0.3 is 5.76 Å². The number of carbonyl (C=O) groups excluding carboxylic acids is 1. The molecule has 0 aliphatic rings. The molecule has 0 unspecified atom stereocenters. The van der Waals surface area contributed by atoms with Crippen molar-refractivity contribution in [2.24, 2.45) is 0 Å². The fourth-order valence-corrected chi connectivity index (χ4v) is 1.98. The Morgan fingerprint density at radius 2 is 2.00 bits per heavy atom. The molecule has 3 rings (SSSR count). The molecular formula is C14H9FN2O3. The molecule has 0 aliphatic carbocycles. The Balaban J connectivity index is 2.09. The van der Waals surface area contributed by atoms with Crippen molar-refractivity contribution in [2.75, 3.05) is 5.73 Å². The molecule has 1 heterocycles. The normalized spacial score (nSPS) is 10.8. The van der Waals surface area contributed by atoms with E-state index >= 15 is 0 Å². The van der Waals surface area contributed by atoms with Gasteiger partial charge in [0.15, 0.2) is 11.4 Å². The third-order valence-corrected chi connectivity index (χ3v) is 2.94. The van der Waals surface area contributed by atoms with E-state index < -0.39 is 11.6 Å². The number of H-pyrrole nitrogens is 1. The minimum absolute atomic E-state index is 0.0608. The van der Waals surface area contributed by atoms with Crippen LogP contribution in [-0.4, -0.2) is 10.8 Å². The van der Waals surface area contributed by atoms with Gasteiger partial charge in [-0.1, -0.05) is 0 Å². The van der Waals surface area contributed by atoms with Crippen LogP contribution < -0.4 is 11.5 Å². The Hall–Kier alpha value is -2.89. The van der Waals surface area contributed by atoms with Crippen molar-refractivity contribution < 1.29 is 13.6 Å². The summed E-state index contributed by atoms with van der Waals surface area (Å²) >= 11 is 0. The molecule has 0 aliphatic heterocycles. The summed E-state index contributed by atoms with van der Waals surface area (Å²) in [4.78, 5) is 25.8. The summed E-state index contributed by atoms with van der Waals surface area (Å²) in [6.07, 6.45) is 0. The molecule has 1 aromatic heterocycles. The van der Waals surface area contributed by atoms with Crippen LogP contribution in [0.2, 0.25) is 0 Å². The molecule has 20 heavy (non-hydrogen) atoms. The second-order valence-corrected chi connectivity index (χ2v) is 4.29. The third kappa shape index (κ3) is 1.97. The van der Waals surface area contributed by atoms with Crippen LogP contribution in [0.1, 0.15) is 15.9 Å². The van der Waals surface area contributed by atoms with E-state index in [-0.39, 0.29) is 22.6 Å². The molecule has 0 radical (unpaired) electrons. The molecule has 6 heteroatoms. The number of ketones is 1. The van der Waals surface area contributed by atoms with Crippen molar-refractivity contribution in [1.82, 2.24) is 4.98 Å². The highest BCUT2D eigenvalue weighted by Crippen LogP contribution is 2.20. The van der Waals surface area contributed by atoms with Crippen LogP contribution in [-0.2, 0) is 0 Å². The number of rotatable bonds is 2. The van der Waals surface area contributed by atoms with Gasteiger partial charge in [-0.25, -0.2) is 9.18 Å². The first kappa shape index (κ1) is 12.2. The molecule has 0 saturated carbocycles. The summed E-state index contributed by atoms with van der Waals surface area (Å²) in [5.74, 6) is -1.47. The zero-order valence-corrected chi connectivity index (χ0v) is 10.1. The molecule has 3 N–H and O–H groups in total. The van der Waals surface area contributed by atoms with E-state index in [1.165, 1.54) is 18.2 Å². The lowest BCUT2D eigenvalue weighted by Crippen LogP contribution is -2.05. The largest absolute Gasteiger partial charge is 0.417 e. The van der Waals surface area contributed by atoms with Crippen LogP contribution in [0.25, 0.3) is 11.1 Å². The molecule has 0 bridgehead atoms. The smallest absolute Gasteiger partial charge is 0.408 e. The lowest BCUT2D eigenvalue weighted by Gasteiger charge is -2.04. The van der Waals surface area contributed by atoms with Gasteiger partial charge in [0.2, 0.25) is 0 Å². The van der Waals surface area contributed by atoms with Gasteiger partial charge in [-0.15, -0.1) is 0 Å². The number of aromatic amines is 1. The second-order valence-electron chi connectivity index (χ2n) is 4.29. The van der Waals surface area contributed by atoms with Gasteiger partial charge in [-0.3, -0.25) is 9.78 Å². The summed E-state index contributed by atoms with van der Waals surface area (Å²) in [7, 11) is 0. The predicted molar refractivity (Wildman–Crippen MR) is 71.1 cm³/mol. The van der Waals surface area contributed by atoms with Crippen molar-refractivity contribution >= 4 is 22.6 Å². The molecule has 0 spiro atoms. The average molecular weight is 272 g/mol. The van der Waals surface area contributed by atoms with E-state index in [2.05, 4.69) is 4.98 Å². The molecule has 5 nitrogen and oxygen atoms in total. The van der Waals surface area contributed by atoms with Gasteiger partial charge in [-0.05, 0) is 36.4 Å². The minimum atomic E-state index is -0.592. The second kappa shape index (κ2) is 4.34. The molecular weight excluding hydrogens is 263 g/mol. The molecule has 0 atom stereocenters. The number of carbonyl (C=O) groups is 1. The summed E-state index contributed by atoms with van der Waals surface area (Å²) in [5.41, 5.74) is 6.98. The van der Waals surface area contributed by atoms with E-state index in [0.717, 1.165) is 6.07 Å². The summed E-state index contributed by atoms with van der Waals surface area (Å²) in [5, 5.41) is 0. The summed E-state index contributed by atoms with van der Waals surface area (Å²) in [6.45, 7) is 0. The SMILES string of the molecule is Nc1cc(F)ccc1C(=O)c1ccc2[nH]c(=O)oc2c1. The van der Waals surface area contributed by atoms with Gasteiger partial charge in [0.1, 0.15) is 5.82 Å². The molecule has 0 fully saturated rings. The Labute approximate surface area is 111 Å². The van der Waals surface area contributed by atoms with Gasteiger partial charge in [-0.2, -0.15) is 0 Å². The fraction of sp³-hybridized carbons (Fsp3) is 0. The number of benzene rings is 2. The quantitative estimate of drug-likeness (QED) is 0.552. The number of oxazole rings is 1. The number of nitrogen functional groups attached to an aromatic ring is 1. The van der Waals surface area contributed by atoms with Crippen LogP contribution in [0.5, 0.6) is 0 Å². The maximum Gasteiger partial charge on any atom is 0.417 e. The van der Waals surface area contributed by atoms with Crippen molar-refractivity contribution in [1.29, 1.82) is 0 Å². The first-order valence-corrected chi connectivity index (χ1v) is 5.77. The molecule has 3 aromatic rings. The average Bonchev–Trinajstić information content (AvgIpc) is 2.77. The lowest BCUT2D eigenvalue weighted by atomic mass is 10.0. The van der Waals surface area contributed by atoms with E-state index in [0.29, 0.717) is 11.1 Å². The van der Waals surface area contributed by atoms with Gasteiger partial charge < -0.3 is 10.2 Å². The van der Waals surface area contributed by atoms with Crippen molar-refractivity contribution in [3.8, 4) is 0 Å².